The van der Waals surface area contributed by atoms with Crippen LogP contribution in [0.2, 0.25) is 0 Å². The van der Waals surface area contributed by atoms with E-state index in [1.165, 1.54) is 18.2 Å². The molecular formula is C22H27FN2O4. The predicted molar refractivity (Wildman–Crippen MR) is 109 cm³/mol. The van der Waals surface area contributed by atoms with Crippen LogP contribution >= 0.6 is 0 Å². The Hall–Kier alpha value is -2.93. The molecule has 0 fully saturated rings. The van der Waals surface area contributed by atoms with Crippen LogP contribution in [0.5, 0.6) is 0 Å². The van der Waals surface area contributed by atoms with E-state index in [1.807, 2.05) is 30.3 Å². The molecule has 29 heavy (non-hydrogen) atoms. The Morgan fingerprint density at radius 2 is 1.66 bits per heavy atom. The highest BCUT2D eigenvalue weighted by Crippen LogP contribution is 2.15. The zero-order valence-electron chi connectivity index (χ0n) is 17.1. The van der Waals surface area contributed by atoms with Crippen molar-refractivity contribution in [2.24, 2.45) is 0 Å². The van der Waals surface area contributed by atoms with Crippen molar-refractivity contribution in [2.75, 3.05) is 5.32 Å². The number of ether oxygens (including phenoxy) is 2. The van der Waals surface area contributed by atoms with E-state index < -0.39 is 35.6 Å². The highest BCUT2D eigenvalue weighted by atomic mass is 19.1. The van der Waals surface area contributed by atoms with Crippen LogP contribution in [-0.2, 0) is 20.9 Å². The third-order valence-electron chi connectivity index (χ3n) is 3.91. The summed E-state index contributed by atoms with van der Waals surface area (Å²) in [7, 11) is 0. The number of hydrogen-bond donors (Lipinski definition) is 2. The number of para-hydroxylation sites is 1. The van der Waals surface area contributed by atoms with Gasteiger partial charge in [-0.25, -0.2) is 9.18 Å². The first-order chi connectivity index (χ1) is 13.7. The monoisotopic (exact) mass is 402 g/mol. The van der Waals surface area contributed by atoms with E-state index in [2.05, 4.69) is 10.6 Å². The van der Waals surface area contributed by atoms with Gasteiger partial charge in [0.15, 0.2) is 0 Å². The second-order valence-corrected chi connectivity index (χ2v) is 7.59. The number of amides is 2. The summed E-state index contributed by atoms with van der Waals surface area (Å²) in [5.74, 6) is -1.18. The lowest BCUT2D eigenvalue weighted by Gasteiger charge is -2.27. The molecule has 0 saturated heterocycles. The van der Waals surface area contributed by atoms with Gasteiger partial charge in [-0.3, -0.25) is 4.79 Å². The molecule has 0 aliphatic heterocycles. The fraction of sp³-hybridized carbons (Fsp3) is 0.364. The molecule has 0 aliphatic rings. The van der Waals surface area contributed by atoms with E-state index >= 15 is 0 Å². The van der Waals surface area contributed by atoms with Crippen LogP contribution in [-0.4, -0.2) is 29.7 Å². The predicted octanol–water partition coefficient (Wildman–Crippen LogP) is 4.26. The molecule has 6 nitrogen and oxygen atoms in total. The van der Waals surface area contributed by atoms with Crippen molar-refractivity contribution < 1.29 is 23.5 Å². The zero-order chi connectivity index (χ0) is 21.4. The van der Waals surface area contributed by atoms with Gasteiger partial charge in [-0.1, -0.05) is 42.5 Å². The molecule has 2 aromatic carbocycles. The van der Waals surface area contributed by atoms with Gasteiger partial charge in [0.1, 0.15) is 17.5 Å². The second kappa shape index (κ2) is 10.0. The number of carbonyl (C=O) groups excluding carboxylic acids is 2. The number of rotatable bonds is 7. The number of nitrogens with one attached hydrogen (secondary N) is 2. The van der Waals surface area contributed by atoms with Crippen LogP contribution in [0, 0.1) is 5.82 Å². The van der Waals surface area contributed by atoms with Gasteiger partial charge in [-0.05, 0) is 45.4 Å². The quantitative estimate of drug-likeness (QED) is 0.725. The number of anilines is 1. The molecule has 2 rings (SSSR count). The van der Waals surface area contributed by atoms with E-state index in [4.69, 9.17) is 9.47 Å². The Morgan fingerprint density at radius 1 is 1.03 bits per heavy atom. The van der Waals surface area contributed by atoms with Gasteiger partial charge in [-0.2, -0.15) is 0 Å². The standard InChI is InChI=1S/C22H27FN2O4/c1-15(28-14-16-10-6-5-7-11-16)19(25-21(27)29-22(2,3)4)20(26)24-18-13-9-8-12-17(18)23/h5-13,15,19H,14H2,1-4H3,(H,24,26)(H,25,27)/t15-,19-/m0/s1. The first kappa shape index (κ1) is 22.4. The van der Waals surface area contributed by atoms with E-state index in [1.54, 1.807) is 33.8 Å². The summed E-state index contributed by atoms with van der Waals surface area (Å²) < 4.78 is 24.9. The highest BCUT2D eigenvalue weighted by Gasteiger charge is 2.30. The number of hydrogen-bond acceptors (Lipinski definition) is 4. The van der Waals surface area contributed by atoms with Crippen LogP contribution in [0.1, 0.15) is 33.3 Å². The summed E-state index contributed by atoms with van der Waals surface area (Å²) in [5, 5.41) is 5.02. The summed E-state index contributed by atoms with van der Waals surface area (Å²) in [4.78, 5) is 25.0. The normalized spacial score (nSPS) is 13.3. The summed E-state index contributed by atoms with van der Waals surface area (Å²) in [6.07, 6.45) is -1.46. The van der Waals surface area contributed by atoms with Gasteiger partial charge in [0, 0.05) is 0 Å². The SMILES string of the molecule is C[C@H](OCc1ccccc1)[C@H](NC(=O)OC(C)(C)C)C(=O)Nc1ccccc1F. The molecule has 0 aromatic heterocycles. The maximum absolute atomic E-state index is 13.9. The van der Waals surface area contributed by atoms with Crippen molar-refractivity contribution in [3.05, 3.63) is 66.0 Å². The molecule has 2 N–H and O–H groups in total. The smallest absolute Gasteiger partial charge is 0.408 e. The van der Waals surface area contributed by atoms with Gasteiger partial charge >= 0.3 is 6.09 Å². The average Bonchev–Trinajstić information content (AvgIpc) is 2.65. The van der Waals surface area contributed by atoms with Crippen molar-refractivity contribution in [1.82, 2.24) is 5.32 Å². The molecular weight excluding hydrogens is 375 g/mol. The van der Waals surface area contributed by atoms with Crippen LogP contribution < -0.4 is 10.6 Å². The van der Waals surface area contributed by atoms with Crippen LogP contribution in [0.4, 0.5) is 14.9 Å². The van der Waals surface area contributed by atoms with Crippen LogP contribution in [0.3, 0.4) is 0 Å². The van der Waals surface area contributed by atoms with Crippen LogP contribution in [0.15, 0.2) is 54.6 Å². The molecule has 0 aliphatic carbocycles. The molecule has 0 spiro atoms. The van der Waals surface area contributed by atoms with E-state index in [-0.39, 0.29) is 12.3 Å². The lowest BCUT2D eigenvalue weighted by molar-refractivity contribution is -0.122. The van der Waals surface area contributed by atoms with E-state index in [0.717, 1.165) is 5.56 Å². The molecule has 0 saturated carbocycles. The largest absolute Gasteiger partial charge is 0.444 e. The molecule has 0 radical (unpaired) electrons. The molecule has 7 heteroatoms. The minimum atomic E-state index is -1.09. The fourth-order valence-electron chi connectivity index (χ4n) is 2.50. The molecule has 0 unspecified atom stereocenters. The van der Waals surface area contributed by atoms with Crippen molar-refractivity contribution in [3.63, 3.8) is 0 Å². The van der Waals surface area contributed by atoms with Crippen molar-refractivity contribution >= 4 is 17.7 Å². The molecule has 0 bridgehead atoms. The third kappa shape index (κ3) is 7.54. The lowest BCUT2D eigenvalue weighted by Crippen LogP contribution is -2.52. The molecule has 2 aromatic rings. The first-order valence-corrected chi connectivity index (χ1v) is 9.36. The van der Waals surface area contributed by atoms with Crippen molar-refractivity contribution in [2.45, 2.75) is 52.0 Å². The van der Waals surface area contributed by atoms with Gasteiger partial charge in [0.2, 0.25) is 5.91 Å². The van der Waals surface area contributed by atoms with Gasteiger partial charge in [0.25, 0.3) is 0 Å². The molecule has 0 heterocycles. The number of benzene rings is 2. The molecule has 2 atom stereocenters. The average molecular weight is 402 g/mol. The van der Waals surface area contributed by atoms with Gasteiger partial charge < -0.3 is 20.1 Å². The fourth-order valence-corrected chi connectivity index (χ4v) is 2.50. The van der Waals surface area contributed by atoms with Crippen LogP contribution in [0.25, 0.3) is 0 Å². The summed E-state index contributed by atoms with van der Waals surface area (Å²) >= 11 is 0. The number of carbonyl (C=O) groups is 2. The summed E-state index contributed by atoms with van der Waals surface area (Å²) in [6, 6.07) is 14.1. The Bertz CT molecular complexity index is 821. The summed E-state index contributed by atoms with van der Waals surface area (Å²) in [6.45, 7) is 7.07. The van der Waals surface area contributed by atoms with E-state index in [9.17, 15) is 14.0 Å². The van der Waals surface area contributed by atoms with Crippen molar-refractivity contribution in [1.29, 1.82) is 0 Å². The minimum Gasteiger partial charge on any atom is -0.444 e. The lowest BCUT2D eigenvalue weighted by atomic mass is 10.1. The van der Waals surface area contributed by atoms with Crippen molar-refractivity contribution in [3.8, 4) is 0 Å². The van der Waals surface area contributed by atoms with Gasteiger partial charge in [-0.15, -0.1) is 0 Å². The summed E-state index contributed by atoms with van der Waals surface area (Å²) in [5.41, 5.74) is 0.207. The molecule has 156 valence electrons. The Labute approximate surface area is 170 Å². The maximum Gasteiger partial charge on any atom is 0.408 e. The second-order valence-electron chi connectivity index (χ2n) is 7.59. The minimum absolute atomic E-state index is 0.0174. The first-order valence-electron chi connectivity index (χ1n) is 9.36. The van der Waals surface area contributed by atoms with E-state index in [0.29, 0.717) is 0 Å². The Balaban J connectivity index is 2.11. The number of halogens is 1. The molecule has 2 amide bonds. The Morgan fingerprint density at radius 3 is 2.28 bits per heavy atom. The topological polar surface area (TPSA) is 76.7 Å². The number of alkyl carbamates (subject to hydrolysis) is 1. The zero-order valence-corrected chi connectivity index (χ0v) is 17.1. The van der Waals surface area contributed by atoms with Gasteiger partial charge in [0.05, 0.1) is 18.4 Å². The third-order valence-corrected chi connectivity index (χ3v) is 3.91. The maximum atomic E-state index is 13.9. The Kier molecular flexibility index (Phi) is 7.73. The highest BCUT2D eigenvalue weighted by molar-refractivity contribution is 5.97.